The van der Waals surface area contributed by atoms with Crippen molar-refractivity contribution in [1.82, 2.24) is 0 Å². The van der Waals surface area contributed by atoms with E-state index < -0.39 is 17.8 Å². The molecule has 41 heavy (non-hydrogen) atoms. The van der Waals surface area contributed by atoms with Crippen LogP contribution in [0.1, 0.15) is 42.7 Å². The number of benzene rings is 3. The third-order valence-corrected chi connectivity index (χ3v) is 8.28. The van der Waals surface area contributed by atoms with Crippen molar-refractivity contribution in [2.75, 3.05) is 27.4 Å². The molecule has 0 amide bonds. The Hall–Kier alpha value is -3.91. The Balaban J connectivity index is 1.49. The average Bonchev–Trinajstić information content (AvgIpc) is 2.99. The van der Waals surface area contributed by atoms with Crippen molar-refractivity contribution in [1.29, 1.82) is 0 Å². The monoisotopic (exact) mass is 617 g/mol. The maximum absolute atomic E-state index is 13.9. The number of aliphatic imine (C=N–C) groups is 1. The van der Waals surface area contributed by atoms with Crippen LogP contribution in [0, 0.1) is 5.92 Å². The first kappa shape index (κ1) is 28.6. The Labute approximate surface area is 248 Å². The van der Waals surface area contributed by atoms with E-state index in [4.69, 9.17) is 23.9 Å². The molecule has 0 saturated carbocycles. The van der Waals surface area contributed by atoms with Crippen LogP contribution in [0.15, 0.2) is 93.5 Å². The number of para-hydroxylation sites is 1. The molecule has 0 fully saturated rings. The molecule has 1 unspecified atom stereocenters. The summed E-state index contributed by atoms with van der Waals surface area (Å²) in [5, 5.41) is 0. The summed E-state index contributed by atoms with van der Waals surface area (Å²) < 4.78 is 23.2. The van der Waals surface area contributed by atoms with Crippen molar-refractivity contribution in [2.24, 2.45) is 10.9 Å². The van der Waals surface area contributed by atoms with Crippen LogP contribution in [0.5, 0.6) is 17.2 Å². The lowest BCUT2D eigenvalue weighted by molar-refractivity contribution is -0.147. The molecule has 0 spiro atoms. The number of allylic oxidation sites excluding steroid dienone is 2. The van der Waals surface area contributed by atoms with Crippen LogP contribution < -0.4 is 14.2 Å². The van der Waals surface area contributed by atoms with Gasteiger partial charge in [0, 0.05) is 33.8 Å². The Morgan fingerprint density at radius 3 is 2.27 bits per heavy atom. The maximum Gasteiger partial charge on any atom is 0.315 e. The third kappa shape index (κ3) is 6.07. The van der Waals surface area contributed by atoms with Crippen LogP contribution in [-0.2, 0) is 14.3 Å². The highest BCUT2D eigenvalue weighted by atomic mass is 79.9. The Bertz CT molecular complexity index is 1480. The van der Waals surface area contributed by atoms with Crippen LogP contribution in [0.25, 0.3) is 0 Å². The normalized spacial score (nSPS) is 20.1. The molecule has 0 N–H and O–H groups in total. The first-order valence-electron chi connectivity index (χ1n) is 13.5. The predicted molar refractivity (Wildman–Crippen MR) is 160 cm³/mol. The number of methoxy groups -OCH3 is 2. The summed E-state index contributed by atoms with van der Waals surface area (Å²) in [6.07, 6.45) is 0.946. The van der Waals surface area contributed by atoms with Crippen molar-refractivity contribution in [3.05, 3.63) is 99.7 Å². The lowest BCUT2D eigenvalue weighted by Crippen LogP contribution is -2.38. The molecule has 1 aliphatic carbocycles. The second-order valence-electron chi connectivity index (χ2n) is 10.1. The van der Waals surface area contributed by atoms with Gasteiger partial charge in [0.15, 0.2) is 17.3 Å². The molecule has 0 saturated heterocycles. The number of carbonyl (C=O) groups is 2. The number of nitrogens with zero attached hydrogens (tertiary/aromatic N) is 1. The summed E-state index contributed by atoms with van der Waals surface area (Å²) in [5.74, 6) is -0.127. The molecule has 1 aliphatic heterocycles. The molecule has 8 heteroatoms. The molecule has 1 heterocycles. The van der Waals surface area contributed by atoms with Gasteiger partial charge in [0.05, 0.1) is 14.2 Å². The van der Waals surface area contributed by atoms with E-state index >= 15 is 0 Å². The van der Waals surface area contributed by atoms with Crippen molar-refractivity contribution >= 4 is 33.4 Å². The van der Waals surface area contributed by atoms with Gasteiger partial charge in [0.2, 0.25) is 0 Å². The molecule has 5 rings (SSSR count). The number of esters is 1. The van der Waals surface area contributed by atoms with E-state index in [2.05, 4.69) is 15.9 Å². The second-order valence-corrected chi connectivity index (χ2v) is 10.9. The van der Waals surface area contributed by atoms with Gasteiger partial charge in [-0.15, -0.1) is 0 Å². The second kappa shape index (κ2) is 12.7. The largest absolute Gasteiger partial charge is 0.493 e. The Morgan fingerprint density at radius 2 is 1.59 bits per heavy atom. The van der Waals surface area contributed by atoms with E-state index in [1.165, 1.54) is 0 Å². The highest BCUT2D eigenvalue weighted by molar-refractivity contribution is 9.10. The molecule has 3 aromatic rings. The number of ether oxygens (including phenoxy) is 4. The van der Waals surface area contributed by atoms with Gasteiger partial charge in [0.25, 0.3) is 0 Å². The lowest BCUT2D eigenvalue weighted by atomic mass is 9.69. The zero-order valence-corrected chi connectivity index (χ0v) is 24.8. The zero-order chi connectivity index (χ0) is 28.9. The standard InChI is InChI=1S/C33H32BrNO6/c1-20-30(33(37)41-15-14-40-23-12-8-5-9-13-23)31(24-18-28(38-2)29(39-3)19-25(24)34)32-26(35-20)16-22(17-27(32)36)21-10-6-4-7-11-21/h4-13,18-19,22,30-31H,14-17H2,1-3H3/t22-,30?,31+/m1/s1. The summed E-state index contributed by atoms with van der Waals surface area (Å²) in [5.41, 5.74) is 3.71. The highest BCUT2D eigenvalue weighted by Crippen LogP contribution is 2.49. The topological polar surface area (TPSA) is 83.4 Å². The van der Waals surface area contributed by atoms with Gasteiger partial charge < -0.3 is 18.9 Å². The molecule has 3 aromatic carbocycles. The van der Waals surface area contributed by atoms with E-state index in [1.54, 1.807) is 20.3 Å². The number of hydrogen-bond acceptors (Lipinski definition) is 7. The highest BCUT2D eigenvalue weighted by Gasteiger charge is 2.45. The van der Waals surface area contributed by atoms with Crippen LogP contribution in [0.4, 0.5) is 0 Å². The lowest BCUT2D eigenvalue weighted by Gasteiger charge is -2.37. The fourth-order valence-corrected chi connectivity index (χ4v) is 6.25. The van der Waals surface area contributed by atoms with Gasteiger partial charge >= 0.3 is 5.97 Å². The van der Waals surface area contributed by atoms with Gasteiger partial charge in [0.1, 0.15) is 24.9 Å². The Kier molecular flexibility index (Phi) is 8.88. The van der Waals surface area contributed by atoms with Crippen LogP contribution in [0.3, 0.4) is 0 Å². The quantitative estimate of drug-likeness (QED) is 0.197. The third-order valence-electron chi connectivity index (χ3n) is 7.59. The minimum atomic E-state index is -0.794. The first-order chi connectivity index (χ1) is 19.9. The van der Waals surface area contributed by atoms with Gasteiger partial charge in [-0.05, 0) is 54.7 Å². The van der Waals surface area contributed by atoms with Gasteiger partial charge in [-0.3, -0.25) is 14.6 Å². The zero-order valence-electron chi connectivity index (χ0n) is 23.3. The minimum absolute atomic E-state index is 0.0201. The number of ketones is 1. The molecule has 0 aromatic heterocycles. The van der Waals surface area contributed by atoms with Crippen molar-refractivity contribution < 1.29 is 28.5 Å². The van der Waals surface area contributed by atoms with E-state index in [1.807, 2.05) is 73.7 Å². The summed E-state index contributed by atoms with van der Waals surface area (Å²) in [7, 11) is 3.12. The first-order valence-corrected chi connectivity index (χ1v) is 14.3. The van der Waals surface area contributed by atoms with E-state index in [0.29, 0.717) is 45.8 Å². The van der Waals surface area contributed by atoms with Crippen molar-refractivity contribution in [3.63, 3.8) is 0 Å². The summed E-state index contributed by atoms with van der Waals surface area (Å²) in [6, 6.07) is 23.0. The van der Waals surface area contributed by atoms with Crippen molar-refractivity contribution in [3.8, 4) is 17.2 Å². The van der Waals surface area contributed by atoms with Crippen molar-refractivity contribution in [2.45, 2.75) is 31.6 Å². The van der Waals surface area contributed by atoms with Crippen LogP contribution in [0.2, 0.25) is 0 Å². The number of rotatable bonds is 9. The van der Waals surface area contributed by atoms with E-state index in [-0.39, 0.29) is 24.9 Å². The summed E-state index contributed by atoms with van der Waals surface area (Å²) in [4.78, 5) is 32.5. The number of halogens is 1. The summed E-state index contributed by atoms with van der Waals surface area (Å²) in [6.45, 7) is 2.09. The molecular weight excluding hydrogens is 586 g/mol. The van der Waals surface area contributed by atoms with Crippen LogP contribution in [-0.4, -0.2) is 44.9 Å². The predicted octanol–water partition coefficient (Wildman–Crippen LogP) is 6.66. The molecule has 0 radical (unpaired) electrons. The van der Waals surface area contributed by atoms with E-state index in [9.17, 15) is 9.59 Å². The number of hydrogen-bond donors (Lipinski definition) is 0. The molecule has 3 atom stereocenters. The van der Waals surface area contributed by atoms with Gasteiger partial charge in [-0.2, -0.15) is 0 Å². The average molecular weight is 619 g/mol. The van der Waals surface area contributed by atoms with E-state index in [0.717, 1.165) is 16.8 Å². The maximum atomic E-state index is 13.9. The fraction of sp³-hybridized carbons (Fsp3) is 0.303. The molecule has 7 nitrogen and oxygen atoms in total. The van der Waals surface area contributed by atoms with Crippen LogP contribution >= 0.6 is 15.9 Å². The minimum Gasteiger partial charge on any atom is -0.493 e. The molecule has 212 valence electrons. The Morgan fingerprint density at radius 1 is 0.927 bits per heavy atom. The smallest absolute Gasteiger partial charge is 0.315 e. The fourth-order valence-electron chi connectivity index (χ4n) is 5.68. The van der Waals surface area contributed by atoms with Gasteiger partial charge in [-0.25, -0.2) is 0 Å². The molecular formula is C33H32BrNO6. The van der Waals surface area contributed by atoms with Gasteiger partial charge in [-0.1, -0.05) is 64.5 Å². The molecule has 2 aliphatic rings. The number of carbonyl (C=O) groups excluding carboxylic acids is 2. The number of Topliss-reactive ketones (excluding diaryl/α,β-unsaturated/α-hetero) is 1. The SMILES string of the molecule is COc1cc(Br)c([C@@H]2C3=C(C[C@@H](c4ccccc4)CC3=O)N=C(C)C2C(=O)OCCOc2ccccc2)cc1OC. The molecule has 0 bridgehead atoms. The summed E-state index contributed by atoms with van der Waals surface area (Å²) >= 11 is 3.68.